The van der Waals surface area contributed by atoms with Crippen LogP contribution in [0.25, 0.3) is 0 Å². The molecular formula is C13H20N4O2S2. The van der Waals surface area contributed by atoms with Gasteiger partial charge in [0, 0.05) is 24.3 Å². The number of nitrogens with one attached hydrogen (secondary N) is 3. The molecule has 0 aliphatic heterocycles. The molecule has 0 atom stereocenters. The minimum atomic E-state index is -3.61. The van der Waals surface area contributed by atoms with Crippen LogP contribution in [0.1, 0.15) is 30.2 Å². The van der Waals surface area contributed by atoms with Crippen molar-refractivity contribution >= 4 is 21.4 Å². The molecule has 0 bridgehead atoms. The summed E-state index contributed by atoms with van der Waals surface area (Å²) < 4.78 is 27.3. The lowest BCUT2D eigenvalue weighted by atomic mass is 10.2. The zero-order valence-corrected chi connectivity index (χ0v) is 13.8. The second-order valence-electron chi connectivity index (χ2n) is 4.77. The summed E-state index contributed by atoms with van der Waals surface area (Å²) in [6, 6.07) is 1.90. The predicted molar refractivity (Wildman–Crippen MR) is 83.7 cm³/mol. The summed E-state index contributed by atoms with van der Waals surface area (Å²) in [5, 5.41) is 13.8. The van der Waals surface area contributed by atoms with Gasteiger partial charge >= 0.3 is 0 Å². The average Bonchev–Trinajstić information content (AvgIpc) is 3.08. The molecule has 8 heteroatoms. The largest absolute Gasteiger partial charge is 0.313 e. The van der Waals surface area contributed by atoms with Crippen LogP contribution in [0.4, 0.5) is 0 Å². The van der Waals surface area contributed by atoms with Gasteiger partial charge in [0.15, 0.2) is 5.03 Å². The smallest absolute Gasteiger partial charge is 0.260 e. The molecule has 0 saturated heterocycles. The van der Waals surface area contributed by atoms with E-state index in [9.17, 15) is 8.42 Å². The van der Waals surface area contributed by atoms with E-state index in [1.165, 1.54) is 0 Å². The van der Waals surface area contributed by atoms with Crippen LogP contribution in [0.15, 0.2) is 21.9 Å². The Morgan fingerprint density at radius 3 is 2.86 bits per heavy atom. The molecule has 6 nitrogen and oxygen atoms in total. The lowest BCUT2D eigenvalue weighted by molar-refractivity contribution is 0.573. The van der Waals surface area contributed by atoms with Gasteiger partial charge < -0.3 is 5.32 Å². The number of nitrogens with zero attached hydrogens (tertiary/aromatic N) is 1. The Balaban J connectivity index is 2.11. The molecule has 116 valence electrons. The van der Waals surface area contributed by atoms with Crippen LogP contribution < -0.4 is 10.0 Å². The van der Waals surface area contributed by atoms with Gasteiger partial charge in [0.2, 0.25) is 0 Å². The summed E-state index contributed by atoms with van der Waals surface area (Å²) in [5.74, 6) is 0. The topological polar surface area (TPSA) is 86.9 Å². The second-order valence-corrected chi connectivity index (χ2v) is 7.23. The minimum Gasteiger partial charge on any atom is -0.313 e. The normalized spacial score (nSPS) is 11.9. The first-order valence-electron chi connectivity index (χ1n) is 6.80. The van der Waals surface area contributed by atoms with E-state index in [2.05, 4.69) is 27.2 Å². The highest BCUT2D eigenvalue weighted by Gasteiger charge is 2.23. The highest BCUT2D eigenvalue weighted by Crippen LogP contribution is 2.16. The zero-order valence-electron chi connectivity index (χ0n) is 12.1. The molecule has 3 N–H and O–H groups in total. The van der Waals surface area contributed by atoms with Crippen molar-refractivity contribution in [3.05, 3.63) is 33.6 Å². The van der Waals surface area contributed by atoms with Crippen LogP contribution in [-0.4, -0.2) is 25.2 Å². The molecule has 0 aliphatic carbocycles. The maximum Gasteiger partial charge on any atom is 0.260 e. The van der Waals surface area contributed by atoms with Crippen molar-refractivity contribution < 1.29 is 8.42 Å². The fourth-order valence-corrected chi connectivity index (χ4v) is 3.77. The van der Waals surface area contributed by atoms with Crippen LogP contribution in [0.5, 0.6) is 0 Å². The maximum absolute atomic E-state index is 12.4. The molecule has 0 unspecified atom stereocenters. The molecule has 0 saturated carbocycles. The number of rotatable bonds is 8. The third kappa shape index (κ3) is 4.13. The Kier molecular flexibility index (Phi) is 5.51. The quantitative estimate of drug-likeness (QED) is 0.644. The van der Waals surface area contributed by atoms with Gasteiger partial charge in [-0.3, -0.25) is 5.10 Å². The van der Waals surface area contributed by atoms with Crippen molar-refractivity contribution in [2.24, 2.45) is 0 Å². The van der Waals surface area contributed by atoms with Crippen LogP contribution in [-0.2, 0) is 23.1 Å². The van der Waals surface area contributed by atoms with Crippen molar-refractivity contribution in [3.8, 4) is 0 Å². The third-order valence-corrected chi connectivity index (χ3v) is 5.17. The Morgan fingerprint density at radius 2 is 2.19 bits per heavy atom. The van der Waals surface area contributed by atoms with Gasteiger partial charge in [-0.1, -0.05) is 6.92 Å². The Morgan fingerprint density at radius 1 is 1.38 bits per heavy atom. The molecule has 21 heavy (non-hydrogen) atoms. The summed E-state index contributed by atoms with van der Waals surface area (Å²) in [6.45, 7) is 5.50. The molecule has 0 fully saturated rings. The fraction of sp³-hybridized carbons (Fsp3) is 0.462. The van der Waals surface area contributed by atoms with Gasteiger partial charge in [0.25, 0.3) is 10.0 Å². The summed E-state index contributed by atoms with van der Waals surface area (Å²) in [6.07, 6.45) is 0.995. The molecule has 0 radical (unpaired) electrons. The van der Waals surface area contributed by atoms with Crippen LogP contribution in [0.3, 0.4) is 0 Å². The number of aromatic amines is 1. The molecule has 0 amide bonds. The number of H-pyrrole nitrogens is 1. The number of hydrogen-bond donors (Lipinski definition) is 3. The van der Waals surface area contributed by atoms with E-state index in [1.54, 1.807) is 11.3 Å². The van der Waals surface area contributed by atoms with E-state index < -0.39 is 10.0 Å². The van der Waals surface area contributed by atoms with E-state index in [-0.39, 0.29) is 11.6 Å². The zero-order chi connectivity index (χ0) is 15.3. The van der Waals surface area contributed by atoms with Gasteiger partial charge in [-0.2, -0.15) is 16.4 Å². The molecule has 0 aliphatic rings. The van der Waals surface area contributed by atoms with E-state index >= 15 is 0 Å². The Bertz CT molecular complexity index is 662. The average molecular weight is 328 g/mol. The van der Waals surface area contributed by atoms with Gasteiger partial charge in [-0.25, -0.2) is 13.1 Å². The Labute approximate surface area is 129 Å². The SMILES string of the molecule is CCCNCc1c(S(=O)(=O)NCc2ccsc2)n[nH]c1C. The first-order chi connectivity index (χ1) is 10.0. The number of aromatic nitrogens is 2. The van der Waals surface area contributed by atoms with Crippen molar-refractivity contribution in [1.29, 1.82) is 0 Å². The molecule has 2 aromatic heterocycles. The fourth-order valence-electron chi connectivity index (χ4n) is 1.89. The van der Waals surface area contributed by atoms with Crippen molar-refractivity contribution in [2.75, 3.05) is 6.54 Å². The maximum atomic E-state index is 12.4. The first kappa shape index (κ1) is 16.2. The van der Waals surface area contributed by atoms with E-state index in [1.807, 2.05) is 23.8 Å². The van der Waals surface area contributed by atoms with Crippen molar-refractivity contribution in [3.63, 3.8) is 0 Å². The van der Waals surface area contributed by atoms with Gasteiger partial charge in [0.1, 0.15) is 0 Å². The summed E-state index contributed by atoms with van der Waals surface area (Å²) in [7, 11) is -3.61. The lowest BCUT2D eigenvalue weighted by Gasteiger charge is -2.07. The van der Waals surface area contributed by atoms with E-state index in [0.29, 0.717) is 12.1 Å². The highest BCUT2D eigenvalue weighted by atomic mass is 32.2. The van der Waals surface area contributed by atoms with Crippen LogP contribution >= 0.6 is 11.3 Å². The highest BCUT2D eigenvalue weighted by molar-refractivity contribution is 7.89. The monoisotopic (exact) mass is 328 g/mol. The number of sulfonamides is 1. The van der Waals surface area contributed by atoms with Crippen LogP contribution in [0.2, 0.25) is 0 Å². The van der Waals surface area contributed by atoms with Gasteiger partial charge in [-0.05, 0) is 42.3 Å². The minimum absolute atomic E-state index is 0.0823. The summed E-state index contributed by atoms with van der Waals surface area (Å²) in [5.41, 5.74) is 2.41. The lowest BCUT2D eigenvalue weighted by Crippen LogP contribution is -2.25. The summed E-state index contributed by atoms with van der Waals surface area (Å²) in [4.78, 5) is 0. The first-order valence-corrected chi connectivity index (χ1v) is 9.22. The van der Waals surface area contributed by atoms with E-state index in [4.69, 9.17) is 0 Å². The molecule has 2 aromatic rings. The molecule has 2 heterocycles. The standard InChI is InChI=1S/C13H20N4O2S2/c1-3-5-14-8-12-10(2)16-17-13(12)21(18,19)15-7-11-4-6-20-9-11/h4,6,9,14-15H,3,5,7-8H2,1-2H3,(H,16,17). The number of hydrogen-bond acceptors (Lipinski definition) is 5. The second kappa shape index (κ2) is 7.17. The third-order valence-electron chi connectivity index (χ3n) is 3.07. The van der Waals surface area contributed by atoms with Gasteiger partial charge in [0.05, 0.1) is 0 Å². The molecular weight excluding hydrogens is 308 g/mol. The van der Waals surface area contributed by atoms with E-state index in [0.717, 1.165) is 24.2 Å². The molecule has 0 aromatic carbocycles. The number of thiophene rings is 1. The molecule has 2 rings (SSSR count). The molecule has 0 spiro atoms. The Hall–Kier alpha value is -1.22. The summed E-state index contributed by atoms with van der Waals surface area (Å²) >= 11 is 1.54. The number of aryl methyl sites for hydroxylation is 1. The van der Waals surface area contributed by atoms with Gasteiger partial charge in [-0.15, -0.1) is 0 Å². The van der Waals surface area contributed by atoms with Crippen molar-refractivity contribution in [1.82, 2.24) is 20.2 Å². The van der Waals surface area contributed by atoms with Crippen molar-refractivity contribution in [2.45, 2.75) is 38.4 Å². The predicted octanol–water partition coefficient (Wildman–Crippen LogP) is 1.76. The van der Waals surface area contributed by atoms with Crippen LogP contribution in [0, 0.1) is 6.92 Å².